The number of ether oxygens (including phenoxy) is 3. The van der Waals surface area contributed by atoms with E-state index in [2.05, 4.69) is 5.32 Å². The molecule has 2 saturated carbocycles. The van der Waals surface area contributed by atoms with E-state index in [-0.39, 0.29) is 129 Å². The third-order valence-corrected chi connectivity index (χ3v) is 12.3. The van der Waals surface area contributed by atoms with Crippen LogP contribution in [-0.4, -0.2) is 109 Å². The SMILES string of the molecule is CC(=O)NC(c1ccc([N+](=O)[O-])cc1)C(O)C(=O)OC1CC2(O)C(OC(=O)c3ccccc3)C3C4(O)COC4CC(O)[C@@]3(C)C(=O)C(O)C(=C1C)C2(C)C.[Ac].[Ac]. The minimum atomic E-state index is -2.35. The fraction of sp³-hybridized carbons (Fsp3) is 0.526. The monoisotopic (exact) mass is 1210 g/mol. The van der Waals surface area contributed by atoms with E-state index in [9.17, 15) is 54.8 Å². The predicted octanol–water partition coefficient (Wildman–Crippen LogP) is 1.21. The standard InChI is InChI=1S/C38H44N2O14.2Ac/c1-18-23(53-34(47)29(44)27(39-19(2)41)20-11-13-22(14-12-20)40(50)51)16-38(49)32(54-33(46)21-9-7-6-8-10-21)30-36(5,24(42)15-25-37(30,48)17-52-25)31(45)28(43)26(18)35(38,3)4;;/h6-14,23-25,27-30,32,42-44,48-49H,15-17H2,1-5H3,(H,39,41);;/t23?,24?,25?,27?,28?,29?,30?,32?,36-,37?,38?;;/m1../s1. The van der Waals surface area contributed by atoms with Crippen molar-refractivity contribution in [2.75, 3.05) is 6.61 Å². The molecule has 10 unspecified atom stereocenters. The Morgan fingerprint density at radius 1 is 1.00 bits per heavy atom. The first-order valence-corrected chi connectivity index (χ1v) is 17.5. The molecule has 1 amide bonds. The summed E-state index contributed by atoms with van der Waals surface area (Å²) in [6.45, 7) is 6.64. The number of aliphatic hydroxyl groups is 5. The van der Waals surface area contributed by atoms with E-state index in [0.717, 1.165) is 19.1 Å². The first-order chi connectivity index (χ1) is 25.2. The van der Waals surface area contributed by atoms with Crippen LogP contribution >= 0.6 is 0 Å². The Morgan fingerprint density at radius 2 is 1.61 bits per heavy atom. The van der Waals surface area contributed by atoms with Crippen LogP contribution in [0.25, 0.3) is 0 Å². The van der Waals surface area contributed by atoms with E-state index in [4.69, 9.17) is 14.2 Å². The minimum Gasteiger partial charge on any atom is -0.456 e. The number of hydrogen-bond acceptors (Lipinski definition) is 14. The first kappa shape index (κ1) is 47.0. The van der Waals surface area contributed by atoms with Gasteiger partial charge in [0, 0.05) is 131 Å². The van der Waals surface area contributed by atoms with Crippen LogP contribution in [0, 0.1) is 115 Å². The van der Waals surface area contributed by atoms with Gasteiger partial charge in [0.15, 0.2) is 11.9 Å². The van der Waals surface area contributed by atoms with Gasteiger partial charge in [0.2, 0.25) is 5.91 Å². The topological polar surface area (TPSA) is 252 Å². The Kier molecular flexibility index (Phi) is 14.4. The number of amides is 1. The average Bonchev–Trinajstić information content (AvgIpc) is 3.12. The third kappa shape index (κ3) is 7.63. The molecule has 3 fully saturated rings. The second kappa shape index (κ2) is 17.1. The molecule has 56 heavy (non-hydrogen) atoms. The van der Waals surface area contributed by atoms with E-state index in [1.807, 2.05) is 0 Å². The van der Waals surface area contributed by atoms with Crippen LogP contribution < -0.4 is 5.32 Å². The van der Waals surface area contributed by atoms with Crippen molar-refractivity contribution in [2.45, 2.75) is 101 Å². The molecule has 2 aromatic rings. The summed E-state index contributed by atoms with van der Waals surface area (Å²) in [6.07, 6.45) is -10.7. The Labute approximate surface area is 394 Å². The number of fused-ring (bicyclic) bond motifs is 5. The molecule has 2 aromatic carbocycles. The number of nitro benzene ring substituents is 1. The van der Waals surface area contributed by atoms with Gasteiger partial charge in [-0.15, -0.1) is 0 Å². The summed E-state index contributed by atoms with van der Waals surface area (Å²) in [5.41, 5.74) is -7.95. The summed E-state index contributed by atoms with van der Waals surface area (Å²) in [4.78, 5) is 65.0. The molecule has 0 aromatic heterocycles. The van der Waals surface area contributed by atoms with Crippen molar-refractivity contribution in [2.24, 2.45) is 16.7 Å². The van der Waals surface area contributed by atoms with Gasteiger partial charge < -0.3 is 45.1 Å². The smallest absolute Gasteiger partial charge is 0.338 e. The zero-order chi connectivity index (χ0) is 39.7. The van der Waals surface area contributed by atoms with Gasteiger partial charge in [-0.25, -0.2) is 9.59 Å². The second-order valence-corrected chi connectivity index (χ2v) is 15.5. The van der Waals surface area contributed by atoms with Crippen molar-refractivity contribution < 1.29 is 152 Å². The van der Waals surface area contributed by atoms with Crippen LogP contribution in [-0.2, 0) is 28.6 Å². The number of nitrogens with one attached hydrogen (secondary N) is 1. The van der Waals surface area contributed by atoms with Crippen molar-refractivity contribution in [3.8, 4) is 0 Å². The number of nitrogens with zero attached hydrogens (tertiary/aromatic N) is 1. The summed E-state index contributed by atoms with van der Waals surface area (Å²) in [5, 5.41) is 73.9. The molecule has 4 aliphatic rings. The number of aliphatic hydroxyl groups excluding tert-OH is 3. The molecule has 2 bridgehead atoms. The molecule has 6 N–H and O–H groups in total. The fourth-order valence-electron chi connectivity index (χ4n) is 9.09. The number of carbonyl (C=O) groups excluding carboxylic acids is 4. The van der Waals surface area contributed by atoms with Crippen LogP contribution in [0.5, 0.6) is 0 Å². The quantitative estimate of drug-likeness (QED) is 0.0942. The molecule has 16 nitrogen and oxygen atoms in total. The van der Waals surface area contributed by atoms with Gasteiger partial charge in [0.25, 0.3) is 5.69 Å². The van der Waals surface area contributed by atoms with Crippen molar-refractivity contribution in [3.63, 3.8) is 0 Å². The summed E-state index contributed by atoms with van der Waals surface area (Å²) < 4.78 is 17.6. The van der Waals surface area contributed by atoms with Gasteiger partial charge in [-0.2, -0.15) is 0 Å². The summed E-state index contributed by atoms with van der Waals surface area (Å²) in [7, 11) is 0. The number of benzene rings is 2. The molecular formula is C38H44Ac2N2O14. The van der Waals surface area contributed by atoms with Crippen LogP contribution in [0.15, 0.2) is 65.7 Å². The number of carbonyl (C=O) groups is 4. The molecule has 1 heterocycles. The zero-order valence-electron chi connectivity index (χ0n) is 31.4. The summed E-state index contributed by atoms with van der Waals surface area (Å²) >= 11 is 0. The number of nitro groups is 1. The van der Waals surface area contributed by atoms with E-state index in [0.29, 0.717) is 0 Å². The fourth-order valence-corrected chi connectivity index (χ4v) is 9.09. The predicted molar refractivity (Wildman–Crippen MR) is 185 cm³/mol. The van der Waals surface area contributed by atoms with Crippen LogP contribution in [0.2, 0.25) is 0 Å². The molecule has 2 radical (unpaired) electrons. The van der Waals surface area contributed by atoms with Gasteiger partial charge in [0.1, 0.15) is 29.5 Å². The largest absolute Gasteiger partial charge is 0.456 e. The summed E-state index contributed by atoms with van der Waals surface area (Å²) in [5.74, 6) is -5.38. The number of rotatable bonds is 8. The third-order valence-electron chi connectivity index (χ3n) is 12.3. The Hall–Kier alpha value is -1.70. The Morgan fingerprint density at radius 3 is 2.14 bits per heavy atom. The molecule has 296 valence electrons. The molecule has 18 heteroatoms. The van der Waals surface area contributed by atoms with Crippen molar-refractivity contribution in [1.82, 2.24) is 5.32 Å². The van der Waals surface area contributed by atoms with Gasteiger partial charge in [-0.3, -0.25) is 19.7 Å². The average molecular weight is 1210 g/mol. The van der Waals surface area contributed by atoms with Crippen molar-refractivity contribution in [1.29, 1.82) is 0 Å². The van der Waals surface area contributed by atoms with Gasteiger partial charge in [0.05, 0.1) is 40.8 Å². The van der Waals surface area contributed by atoms with E-state index in [1.54, 1.807) is 18.2 Å². The van der Waals surface area contributed by atoms with Gasteiger partial charge in [-0.05, 0) is 42.7 Å². The molecular weight excluding hydrogens is 1160 g/mol. The van der Waals surface area contributed by atoms with Crippen LogP contribution in [0.1, 0.15) is 69.4 Å². The maximum Gasteiger partial charge on any atom is 0.338 e. The van der Waals surface area contributed by atoms with E-state index < -0.39 is 106 Å². The number of hydrogen-bond donors (Lipinski definition) is 6. The van der Waals surface area contributed by atoms with E-state index >= 15 is 0 Å². The number of non-ortho nitro benzene ring substituents is 1. The van der Waals surface area contributed by atoms with Crippen molar-refractivity contribution in [3.05, 3.63) is 87.0 Å². The van der Waals surface area contributed by atoms with Crippen molar-refractivity contribution >= 4 is 29.3 Å². The normalized spacial score (nSPS) is 33.9. The second-order valence-electron chi connectivity index (χ2n) is 15.5. The van der Waals surface area contributed by atoms with Crippen LogP contribution in [0.4, 0.5) is 5.69 Å². The maximum absolute atomic E-state index is 14.6. The molecule has 1 aliphatic heterocycles. The maximum atomic E-state index is 14.6. The Bertz CT molecular complexity index is 1910. The zero-order valence-corrected chi connectivity index (χ0v) is 40.9. The number of ketones is 1. The summed E-state index contributed by atoms with van der Waals surface area (Å²) in [6, 6.07) is 11.1. The number of Topliss-reactive ketones (excluding diaryl/α,β-unsaturated/α-hetero) is 1. The molecule has 11 atom stereocenters. The molecule has 0 spiro atoms. The minimum absolute atomic E-state index is 0. The number of esters is 2. The molecule has 1 saturated heterocycles. The van der Waals surface area contributed by atoms with E-state index in [1.165, 1.54) is 52.0 Å². The molecule has 6 rings (SSSR count). The van der Waals surface area contributed by atoms with Gasteiger partial charge >= 0.3 is 11.9 Å². The Balaban J connectivity index is 0.00000348. The molecule has 3 aliphatic carbocycles. The first-order valence-electron chi connectivity index (χ1n) is 17.5. The van der Waals surface area contributed by atoms with Gasteiger partial charge in [-0.1, -0.05) is 44.2 Å². The van der Waals surface area contributed by atoms with Crippen LogP contribution in [0.3, 0.4) is 0 Å².